The van der Waals surface area contributed by atoms with Crippen LogP contribution in [-0.4, -0.2) is 51.0 Å². The van der Waals surface area contributed by atoms with E-state index in [0.717, 1.165) is 21.7 Å². The van der Waals surface area contributed by atoms with Crippen molar-refractivity contribution in [3.8, 4) is 0 Å². The average Bonchev–Trinajstić information content (AvgIpc) is 2.89. The van der Waals surface area contributed by atoms with Crippen molar-refractivity contribution in [2.75, 3.05) is 24.2 Å². The molecule has 0 radical (unpaired) electrons. The number of carbonyl (C=O) groups is 2. The Morgan fingerprint density at radius 1 is 0.897 bits per heavy atom. The fourth-order valence-electron chi connectivity index (χ4n) is 4.25. The van der Waals surface area contributed by atoms with Crippen LogP contribution in [0.2, 0.25) is 0 Å². The topological polar surface area (TPSA) is 86.8 Å². The van der Waals surface area contributed by atoms with Gasteiger partial charge >= 0.3 is 0 Å². The van der Waals surface area contributed by atoms with Gasteiger partial charge in [-0.15, -0.1) is 0 Å². The summed E-state index contributed by atoms with van der Waals surface area (Å²) in [6, 6.07) is 21.0. The smallest absolute Gasteiger partial charge is 0.244 e. The first kappa shape index (κ1) is 29.8. The van der Waals surface area contributed by atoms with E-state index in [9.17, 15) is 22.4 Å². The largest absolute Gasteiger partial charge is 0.357 e. The first-order valence-electron chi connectivity index (χ1n) is 12.7. The molecule has 0 bridgehead atoms. The van der Waals surface area contributed by atoms with Crippen LogP contribution in [0.15, 0.2) is 78.9 Å². The van der Waals surface area contributed by atoms with E-state index in [2.05, 4.69) is 26.1 Å². The third-order valence-electron chi connectivity index (χ3n) is 6.48. The molecule has 9 heteroatoms. The summed E-state index contributed by atoms with van der Waals surface area (Å²) < 4.78 is 40.3. The van der Waals surface area contributed by atoms with Crippen molar-refractivity contribution in [2.45, 2.75) is 45.2 Å². The van der Waals surface area contributed by atoms with Crippen LogP contribution in [0.1, 0.15) is 37.5 Å². The number of benzene rings is 3. The molecule has 3 aromatic rings. The minimum absolute atomic E-state index is 0.00933. The van der Waals surface area contributed by atoms with E-state index in [1.807, 2.05) is 42.5 Å². The number of rotatable bonds is 10. The lowest BCUT2D eigenvalue weighted by molar-refractivity contribution is -0.139. The van der Waals surface area contributed by atoms with E-state index in [-0.39, 0.29) is 18.4 Å². The summed E-state index contributed by atoms with van der Waals surface area (Å²) in [4.78, 5) is 28.3. The minimum Gasteiger partial charge on any atom is -0.357 e. The Bertz CT molecular complexity index is 1370. The summed E-state index contributed by atoms with van der Waals surface area (Å²) >= 11 is 0. The normalized spacial score (nSPS) is 12.5. The van der Waals surface area contributed by atoms with Crippen LogP contribution < -0.4 is 9.62 Å². The lowest BCUT2D eigenvalue weighted by Crippen LogP contribution is -2.52. The van der Waals surface area contributed by atoms with Crippen molar-refractivity contribution >= 4 is 27.5 Å². The highest BCUT2D eigenvalue weighted by molar-refractivity contribution is 7.92. The molecule has 0 saturated heterocycles. The van der Waals surface area contributed by atoms with Gasteiger partial charge in [0, 0.05) is 20.0 Å². The molecule has 1 N–H and O–H groups in total. The van der Waals surface area contributed by atoms with Crippen LogP contribution in [0, 0.1) is 5.82 Å². The Morgan fingerprint density at radius 2 is 1.49 bits per heavy atom. The van der Waals surface area contributed by atoms with Crippen molar-refractivity contribution in [1.82, 2.24) is 10.2 Å². The Kier molecular flexibility index (Phi) is 9.50. The number of anilines is 1. The molecule has 3 rings (SSSR count). The van der Waals surface area contributed by atoms with Crippen molar-refractivity contribution in [3.05, 3.63) is 101 Å². The number of hydrogen-bond donors (Lipinski definition) is 1. The van der Waals surface area contributed by atoms with Crippen LogP contribution in [0.3, 0.4) is 0 Å². The second-order valence-corrected chi connectivity index (χ2v) is 12.4. The molecule has 0 spiro atoms. The van der Waals surface area contributed by atoms with Crippen LogP contribution in [-0.2, 0) is 38.0 Å². The molecule has 0 aliphatic rings. The highest BCUT2D eigenvalue weighted by Gasteiger charge is 2.32. The van der Waals surface area contributed by atoms with Crippen LogP contribution in [0.25, 0.3) is 0 Å². The summed E-state index contributed by atoms with van der Waals surface area (Å²) in [7, 11) is -2.36. The van der Waals surface area contributed by atoms with Crippen LogP contribution in [0.5, 0.6) is 0 Å². The average molecular weight is 554 g/mol. The summed E-state index contributed by atoms with van der Waals surface area (Å²) in [5.41, 5.74) is 2.67. The van der Waals surface area contributed by atoms with E-state index in [4.69, 9.17) is 0 Å². The summed E-state index contributed by atoms with van der Waals surface area (Å²) in [5, 5.41) is 2.63. The maximum Gasteiger partial charge on any atom is 0.244 e. The monoisotopic (exact) mass is 553 g/mol. The number of nitrogens with one attached hydrogen (secondary N) is 1. The quantitative estimate of drug-likeness (QED) is 0.406. The second-order valence-electron chi connectivity index (χ2n) is 10.5. The fraction of sp³-hybridized carbons (Fsp3) is 0.333. The number of sulfonamides is 1. The number of amides is 2. The van der Waals surface area contributed by atoms with Gasteiger partial charge in [-0.1, -0.05) is 75.4 Å². The van der Waals surface area contributed by atoms with Crippen LogP contribution in [0.4, 0.5) is 10.1 Å². The zero-order valence-electron chi connectivity index (χ0n) is 23.0. The van der Waals surface area contributed by atoms with Gasteiger partial charge in [0.2, 0.25) is 21.8 Å². The minimum atomic E-state index is -3.85. The lowest BCUT2D eigenvalue weighted by Gasteiger charge is -2.33. The van der Waals surface area contributed by atoms with E-state index in [1.54, 1.807) is 24.3 Å². The van der Waals surface area contributed by atoms with Crippen molar-refractivity contribution in [2.24, 2.45) is 0 Å². The molecule has 0 heterocycles. The lowest BCUT2D eigenvalue weighted by atomic mass is 9.87. The van der Waals surface area contributed by atoms with Gasteiger partial charge in [-0.25, -0.2) is 12.8 Å². The van der Waals surface area contributed by atoms with Gasteiger partial charge in [0.1, 0.15) is 18.4 Å². The number of likely N-dealkylation sites (N-methyl/N-ethyl adjacent to an activating group) is 1. The molecule has 0 unspecified atom stereocenters. The molecule has 0 aliphatic carbocycles. The van der Waals surface area contributed by atoms with Gasteiger partial charge in [-0.3, -0.25) is 13.9 Å². The van der Waals surface area contributed by atoms with Gasteiger partial charge in [0.05, 0.1) is 11.9 Å². The first-order valence-corrected chi connectivity index (χ1v) is 14.5. The van der Waals surface area contributed by atoms with Gasteiger partial charge in [-0.2, -0.15) is 0 Å². The molecule has 0 saturated carbocycles. The molecule has 1 atom stereocenters. The van der Waals surface area contributed by atoms with Gasteiger partial charge in [0.15, 0.2) is 0 Å². The molecule has 2 amide bonds. The maximum atomic E-state index is 13.9. The third-order valence-corrected chi connectivity index (χ3v) is 7.62. The van der Waals surface area contributed by atoms with E-state index in [0.29, 0.717) is 11.3 Å². The predicted octanol–water partition coefficient (Wildman–Crippen LogP) is 4.28. The standard InChI is InChI=1S/C30H36FN3O4S/c1-30(2,3)24-13-17-26(18-14-24)34(39(5,37)38)21-28(35)33(20-23-11-15-25(31)16-12-23)27(29(36)32-4)19-22-9-7-6-8-10-22/h6-18,27H,19-21H2,1-5H3,(H,32,36)/t27-/m1/s1. The highest BCUT2D eigenvalue weighted by Crippen LogP contribution is 2.26. The molecule has 39 heavy (non-hydrogen) atoms. The van der Waals surface area contributed by atoms with Crippen molar-refractivity contribution < 1.29 is 22.4 Å². The zero-order valence-corrected chi connectivity index (χ0v) is 23.8. The molecular formula is C30H36FN3O4S. The molecule has 0 aromatic heterocycles. The first-order chi connectivity index (χ1) is 18.3. The van der Waals surface area contributed by atoms with Crippen LogP contribution >= 0.6 is 0 Å². The van der Waals surface area contributed by atoms with Crippen molar-refractivity contribution in [3.63, 3.8) is 0 Å². The second kappa shape index (κ2) is 12.4. The van der Waals surface area contributed by atoms with Gasteiger partial charge in [0.25, 0.3) is 0 Å². The SMILES string of the molecule is CNC(=O)[C@@H](Cc1ccccc1)N(Cc1ccc(F)cc1)C(=O)CN(c1ccc(C(C)(C)C)cc1)S(C)(=O)=O. The highest BCUT2D eigenvalue weighted by atomic mass is 32.2. The zero-order chi connectivity index (χ0) is 28.8. The van der Waals surface area contributed by atoms with Gasteiger partial charge in [-0.05, 0) is 46.4 Å². The number of carbonyl (C=O) groups excluding carboxylic acids is 2. The van der Waals surface area contributed by atoms with Gasteiger partial charge < -0.3 is 10.2 Å². The summed E-state index contributed by atoms with van der Waals surface area (Å²) in [5.74, 6) is -1.38. The summed E-state index contributed by atoms with van der Waals surface area (Å²) in [6.45, 7) is 5.65. The Morgan fingerprint density at radius 3 is 2.00 bits per heavy atom. The van der Waals surface area contributed by atoms with Crippen molar-refractivity contribution in [1.29, 1.82) is 0 Å². The van der Waals surface area contributed by atoms with E-state index < -0.39 is 40.2 Å². The molecule has 208 valence electrons. The number of halogens is 1. The number of hydrogen-bond acceptors (Lipinski definition) is 4. The van der Waals surface area contributed by atoms with E-state index in [1.165, 1.54) is 24.1 Å². The van der Waals surface area contributed by atoms with E-state index >= 15 is 0 Å². The Hall–Kier alpha value is -3.72. The molecular weight excluding hydrogens is 517 g/mol. The molecule has 7 nitrogen and oxygen atoms in total. The Balaban J connectivity index is 2.01. The summed E-state index contributed by atoms with van der Waals surface area (Å²) in [6.07, 6.45) is 1.26. The third kappa shape index (κ3) is 8.13. The molecule has 0 fully saturated rings. The maximum absolute atomic E-state index is 13.9. The Labute approximate surface area is 230 Å². The molecule has 3 aromatic carbocycles. The fourth-order valence-corrected chi connectivity index (χ4v) is 5.10. The molecule has 0 aliphatic heterocycles. The predicted molar refractivity (Wildman–Crippen MR) is 152 cm³/mol. The number of nitrogens with zero attached hydrogens (tertiary/aromatic N) is 2.